The minimum Gasteiger partial charge on any atom is -0.387 e. The second kappa shape index (κ2) is 7.15. The summed E-state index contributed by atoms with van der Waals surface area (Å²) >= 11 is 0. The number of benzene rings is 2. The largest absolute Gasteiger partial charge is 0.416 e. The molecule has 4 nitrogen and oxygen atoms in total. The van der Waals surface area contributed by atoms with Gasteiger partial charge in [0.15, 0.2) is 0 Å². The standard InChI is InChI=1S/C17H13F3N2O2/c18-17(19,20)14-7-5-12(6-8-14)15(23)10-22-16(24)13-3-1-11(9-21)2-4-13/h1-8,15,23H,10H2,(H,22,24). The molecule has 7 heteroatoms. The Labute approximate surface area is 136 Å². The number of hydrogen-bond donors (Lipinski definition) is 2. The molecule has 0 radical (unpaired) electrons. The van der Waals surface area contributed by atoms with Gasteiger partial charge in [0, 0.05) is 12.1 Å². The average Bonchev–Trinajstić information content (AvgIpc) is 2.58. The van der Waals surface area contributed by atoms with Crippen molar-refractivity contribution in [2.45, 2.75) is 12.3 Å². The fourth-order valence-corrected chi connectivity index (χ4v) is 2.00. The van der Waals surface area contributed by atoms with E-state index in [1.54, 1.807) is 0 Å². The molecular formula is C17H13F3N2O2. The van der Waals surface area contributed by atoms with Gasteiger partial charge in [0.1, 0.15) is 0 Å². The van der Waals surface area contributed by atoms with Gasteiger partial charge in [-0.2, -0.15) is 18.4 Å². The van der Waals surface area contributed by atoms with Gasteiger partial charge in [0.2, 0.25) is 0 Å². The smallest absolute Gasteiger partial charge is 0.387 e. The minimum atomic E-state index is -4.44. The molecule has 0 aliphatic heterocycles. The molecule has 0 heterocycles. The van der Waals surface area contributed by atoms with Crippen LogP contribution in [0.3, 0.4) is 0 Å². The molecule has 1 amide bonds. The van der Waals surface area contributed by atoms with Gasteiger partial charge < -0.3 is 10.4 Å². The highest BCUT2D eigenvalue weighted by Crippen LogP contribution is 2.29. The number of hydrogen-bond acceptors (Lipinski definition) is 3. The molecule has 0 aromatic heterocycles. The van der Waals surface area contributed by atoms with Crippen LogP contribution in [-0.4, -0.2) is 17.6 Å². The summed E-state index contributed by atoms with van der Waals surface area (Å²) in [6.45, 7) is -0.149. The summed E-state index contributed by atoms with van der Waals surface area (Å²) in [5.74, 6) is -0.453. The van der Waals surface area contributed by atoms with Crippen LogP contribution < -0.4 is 5.32 Å². The van der Waals surface area contributed by atoms with Crippen LogP contribution in [0.2, 0.25) is 0 Å². The molecule has 0 aliphatic carbocycles. The van der Waals surface area contributed by atoms with Crippen LogP contribution in [-0.2, 0) is 6.18 Å². The number of rotatable bonds is 4. The van der Waals surface area contributed by atoms with E-state index in [0.717, 1.165) is 12.1 Å². The number of aliphatic hydroxyl groups excluding tert-OH is 1. The van der Waals surface area contributed by atoms with Gasteiger partial charge in [-0.3, -0.25) is 4.79 Å². The molecule has 0 saturated carbocycles. The van der Waals surface area contributed by atoms with Crippen molar-refractivity contribution in [2.75, 3.05) is 6.54 Å². The second-order valence-corrected chi connectivity index (χ2v) is 5.03. The van der Waals surface area contributed by atoms with Crippen molar-refractivity contribution in [3.05, 3.63) is 70.8 Å². The first-order valence-corrected chi connectivity index (χ1v) is 6.95. The molecule has 124 valence electrons. The molecule has 2 rings (SSSR count). The first kappa shape index (κ1) is 17.5. The Morgan fingerprint density at radius 3 is 2.21 bits per heavy atom. The third kappa shape index (κ3) is 4.33. The summed E-state index contributed by atoms with van der Waals surface area (Å²) < 4.78 is 37.4. The molecule has 1 atom stereocenters. The van der Waals surface area contributed by atoms with Crippen LogP contribution in [0.4, 0.5) is 13.2 Å². The fourth-order valence-electron chi connectivity index (χ4n) is 2.00. The van der Waals surface area contributed by atoms with Crippen molar-refractivity contribution >= 4 is 5.91 Å². The molecule has 2 N–H and O–H groups in total. The van der Waals surface area contributed by atoms with Crippen molar-refractivity contribution < 1.29 is 23.1 Å². The number of carbonyl (C=O) groups excluding carboxylic acids is 1. The number of nitriles is 1. The lowest BCUT2D eigenvalue weighted by molar-refractivity contribution is -0.137. The van der Waals surface area contributed by atoms with Gasteiger partial charge in [0.25, 0.3) is 5.91 Å². The maximum atomic E-state index is 12.5. The number of nitrogens with zero attached hydrogens (tertiary/aromatic N) is 1. The molecular weight excluding hydrogens is 321 g/mol. The topological polar surface area (TPSA) is 73.1 Å². The van der Waals surface area contributed by atoms with E-state index in [-0.39, 0.29) is 12.1 Å². The molecule has 1 unspecified atom stereocenters. The Balaban J connectivity index is 1.95. The Kier molecular flexibility index (Phi) is 5.21. The van der Waals surface area contributed by atoms with Crippen molar-refractivity contribution in [3.63, 3.8) is 0 Å². The highest BCUT2D eigenvalue weighted by Gasteiger charge is 2.30. The third-order valence-electron chi connectivity index (χ3n) is 3.35. The van der Waals surface area contributed by atoms with Crippen LogP contribution in [0.15, 0.2) is 48.5 Å². The minimum absolute atomic E-state index is 0.149. The summed E-state index contributed by atoms with van der Waals surface area (Å²) in [6.07, 6.45) is -5.57. The van der Waals surface area contributed by atoms with Gasteiger partial charge in [-0.25, -0.2) is 0 Å². The lowest BCUT2D eigenvalue weighted by atomic mass is 10.1. The molecule has 24 heavy (non-hydrogen) atoms. The van der Waals surface area contributed by atoms with Crippen molar-refractivity contribution in [2.24, 2.45) is 0 Å². The van der Waals surface area contributed by atoms with Crippen LogP contribution >= 0.6 is 0 Å². The van der Waals surface area contributed by atoms with E-state index in [4.69, 9.17) is 5.26 Å². The average molecular weight is 334 g/mol. The molecule has 0 fully saturated rings. The zero-order valence-corrected chi connectivity index (χ0v) is 12.3. The molecule has 2 aromatic carbocycles. The lowest BCUT2D eigenvalue weighted by Gasteiger charge is -2.13. The number of amides is 1. The second-order valence-electron chi connectivity index (χ2n) is 5.03. The van der Waals surface area contributed by atoms with Gasteiger partial charge in [-0.15, -0.1) is 0 Å². The summed E-state index contributed by atoms with van der Waals surface area (Å²) in [4.78, 5) is 11.9. The summed E-state index contributed by atoms with van der Waals surface area (Å²) in [7, 11) is 0. The number of halogens is 3. The quantitative estimate of drug-likeness (QED) is 0.903. The van der Waals surface area contributed by atoms with E-state index in [1.165, 1.54) is 36.4 Å². The molecule has 0 saturated heterocycles. The monoisotopic (exact) mass is 334 g/mol. The number of nitrogens with one attached hydrogen (secondary N) is 1. The number of carbonyl (C=O) groups is 1. The third-order valence-corrected chi connectivity index (χ3v) is 3.35. The Bertz CT molecular complexity index is 747. The first-order valence-electron chi connectivity index (χ1n) is 6.95. The van der Waals surface area contributed by atoms with Crippen molar-refractivity contribution in [3.8, 4) is 6.07 Å². The van der Waals surface area contributed by atoms with Crippen LogP contribution in [0.1, 0.15) is 33.2 Å². The summed E-state index contributed by atoms with van der Waals surface area (Å²) in [6, 6.07) is 11.9. The predicted octanol–water partition coefficient (Wildman–Crippen LogP) is 3.04. The van der Waals surface area contributed by atoms with E-state index < -0.39 is 23.8 Å². The normalized spacial score (nSPS) is 12.3. The number of alkyl halides is 3. The van der Waals surface area contributed by atoms with E-state index in [1.807, 2.05) is 6.07 Å². The predicted molar refractivity (Wildman–Crippen MR) is 79.9 cm³/mol. The first-order chi connectivity index (χ1) is 11.3. The lowest BCUT2D eigenvalue weighted by Crippen LogP contribution is -2.28. The van der Waals surface area contributed by atoms with Crippen LogP contribution in [0.5, 0.6) is 0 Å². The Morgan fingerprint density at radius 1 is 1.12 bits per heavy atom. The Morgan fingerprint density at radius 2 is 1.71 bits per heavy atom. The van der Waals surface area contributed by atoms with Crippen LogP contribution in [0.25, 0.3) is 0 Å². The van der Waals surface area contributed by atoms with Crippen LogP contribution in [0, 0.1) is 11.3 Å². The summed E-state index contributed by atoms with van der Waals surface area (Å²) in [5, 5.41) is 21.1. The zero-order valence-electron chi connectivity index (χ0n) is 12.3. The van der Waals surface area contributed by atoms with E-state index >= 15 is 0 Å². The van der Waals surface area contributed by atoms with E-state index in [9.17, 15) is 23.1 Å². The molecule has 0 bridgehead atoms. The van der Waals surface area contributed by atoms with Gasteiger partial charge in [0.05, 0.1) is 23.3 Å². The maximum Gasteiger partial charge on any atom is 0.416 e. The molecule has 0 aliphatic rings. The fraction of sp³-hybridized carbons (Fsp3) is 0.176. The molecule has 0 spiro atoms. The van der Waals surface area contributed by atoms with Gasteiger partial charge in [-0.05, 0) is 42.0 Å². The van der Waals surface area contributed by atoms with Crippen molar-refractivity contribution in [1.29, 1.82) is 5.26 Å². The highest BCUT2D eigenvalue weighted by molar-refractivity contribution is 5.94. The molecule has 2 aromatic rings. The van der Waals surface area contributed by atoms with Crippen molar-refractivity contribution in [1.82, 2.24) is 5.32 Å². The van der Waals surface area contributed by atoms with E-state index in [0.29, 0.717) is 11.1 Å². The highest BCUT2D eigenvalue weighted by atomic mass is 19.4. The SMILES string of the molecule is N#Cc1ccc(C(=O)NCC(O)c2ccc(C(F)(F)F)cc2)cc1. The number of aliphatic hydroxyl groups is 1. The van der Waals surface area contributed by atoms with Gasteiger partial charge in [-0.1, -0.05) is 12.1 Å². The summed E-state index contributed by atoms with van der Waals surface area (Å²) in [5.41, 5.74) is 0.188. The Hall–Kier alpha value is -2.85. The zero-order chi connectivity index (χ0) is 17.7. The maximum absolute atomic E-state index is 12.5. The van der Waals surface area contributed by atoms with Gasteiger partial charge >= 0.3 is 6.18 Å². The van der Waals surface area contributed by atoms with E-state index in [2.05, 4.69) is 5.32 Å².